The minimum atomic E-state index is -0.402. The molecule has 3 aromatic carbocycles. The van der Waals surface area contributed by atoms with Crippen LogP contribution in [0.2, 0.25) is 0 Å². The van der Waals surface area contributed by atoms with Gasteiger partial charge in [-0.15, -0.1) is 10.2 Å². The maximum atomic E-state index is 10.8. The molecular formula is C22H17BrN4O3S. The van der Waals surface area contributed by atoms with Crippen molar-refractivity contribution in [3.8, 4) is 11.4 Å². The summed E-state index contributed by atoms with van der Waals surface area (Å²) in [4.78, 5) is 10.4. The standard InChI is InChI=1S/C22H17BrN4O3S/c23-17-5-4-8-20(13-17)30-14-21-24-25-22(26(21)18-6-2-1-3-7-18)31-15-16-9-11-19(12-10-16)27(28)29/h1-13H,14-15H2. The third kappa shape index (κ3) is 5.31. The van der Waals surface area contributed by atoms with Crippen molar-refractivity contribution < 1.29 is 9.66 Å². The van der Waals surface area contributed by atoms with Gasteiger partial charge in [0, 0.05) is 28.0 Å². The van der Waals surface area contributed by atoms with Crippen LogP contribution < -0.4 is 4.74 Å². The summed E-state index contributed by atoms with van der Waals surface area (Å²) in [7, 11) is 0. The first kappa shape index (κ1) is 21.1. The number of aromatic nitrogens is 3. The minimum Gasteiger partial charge on any atom is -0.486 e. The smallest absolute Gasteiger partial charge is 0.269 e. The first-order valence-corrected chi connectivity index (χ1v) is 11.1. The molecule has 0 N–H and O–H groups in total. The van der Waals surface area contributed by atoms with Gasteiger partial charge in [-0.3, -0.25) is 14.7 Å². The summed E-state index contributed by atoms with van der Waals surface area (Å²) in [6.45, 7) is 0.260. The van der Waals surface area contributed by atoms with Gasteiger partial charge in [0.25, 0.3) is 5.69 Å². The molecule has 1 aromatic heterocycles. The average Bonchev–Trinajstić information content (AvgIpc) is 3.20. The lowest BCUT2D eigenvalue weighted by molar-refractivity contribution is -0.384. The number of rotatable bonds is 8. The Morgan fingerprint density at radius 3 is 2.48 bits per heavy atom. The second-order valence-corrected chi connectivity index (χ2v) is 8.39. The van der Waals surface area contributed by atoms with E-state index in [1.54, 1.807) is 12.1 Å². The Balaban J connectivity index is 1.55. The van der Waals surface area contributed by atoms with Gasteiger partial charge in [-0.25, -0.2) is 0 Å². The topological polar surface area (TPSA) is 83.1 Å². The predicted octanol–water partition coefficient (Wildman–Crippen LogP) is 5.81. The van der Waals surface area contributed by atoms with Crippen LogP contribution in [-0.2, 0) is 12.4 Å². The molecule has 0 radical (unpaired) electrons. The highest BCUT2D eigenvalue weighted by atomic mass is 79.9. The fraction of sp³-hybridized carbons (Fsp3) is 0.0909. The van der Waals surface area contributed by atoms with Crippen LogP contribution in [0.15, 0.2) is 88.5 Å². The van der Waals surface area contributed by atoms with Crippen molar-refractivity contribution in [2.24, 2.45) is 0 Å². The van der Waals surface area contributed by atoms with E-state index >= 15 is 0 Å². The highest BCUT2D eigenvalue weighted by molar-refractivity contribution is 9.10. The summed E-state index contributed by atoms with van der Waals surface area (Å²) in [6, 6.07) is 24.0. The van der Waals surface area contributed by atoms with E-state index in [0.717, 1.165) is 26.6 Å². The van der Waals surface area contributed by atoms with Crippen LogP contribution >= 0.6 is 27.7 Å². The first-order valence-electron chi connectivity index (χ1n) is 9.34. The Morgan fingerprint density at radius 1 is 1.00 bits per heavy atom. The van der Waals surface area contributed by atoms with Crippen molar-refractivity contribution in [3.63, 3.8) is 0 Å². The van der Waals surface area contributed by atoms with Gasteiger partial charge in [-0.1, -0.05) is 64.1 Å². The van der Waals surface area contributed by atoms with E-state index in [1.807, 2.05) is 59.2 Å². The molecule has 0 atom stereocenters. The number of nitro groups is 1. The molecule has 0 saturated heterocycles. The Bertz CT molecular complexity index is 1180. The number of hydrogen-bond acceptors (Lipinski definition) is 6. The number of thioether (sulfide) groups is 1. The molecular weight excluding hydrogens is 480 g/mol. The highest BCUT2D eigenvalue weighted by Gasteiger charge is 2.15. The molecule has 9 heteroatoms. The number of halogens is 1. The second-order valence-electron chi connectivity index (χ2n) is 6.53. The van der Waals surface area contributed by atoms with Crippen LogP contribution in [0.25, 0.3) is 5.69 Å². The van der Waals surface area contributed by atoms with Crippen LogP contribution in [-0.4, -0.2) is 19.7 Å². The molecule has 0 spiro atoms. The molecule has 1 heterocycles. The number of non-ortho nitro benzene ring substituents is 1. The lowest BCUT2D eigenvalue weighted by Gasteiger charge is -2.11. The van der Waals surface area contributed by atoms with Gasteiger partial charge in [0.1, 0.15) is 12.4 Å². The van der Waals surface area contributed by atoms with Gasteiger partial charge in [0.05, 0.1) is 4.92 Å². The maximum absolute atomic E-state index is 10.8. The van der Waals surface area contributed by atoms with Crippen molar-refractivity contribution in [1.82, 2.24) is 14.8 Å². The number of ether oxygens (including phenoxy) is 1. The quantitative estimate of drug-likeness (QED) is 0.174. The third-order valence-corrected chi connectivity index (χ3v) is 5.89. The average molecular weight is 497 g/mol. The van der Waals surface area contributed by atoms with Crippen LogP contribution in [0.4, 0.5) is 5.69 Å². The van der Waals surface area contributed by atoms with Crippen molar-refractivity contribution in [2.45, 2.75) is 17.5 Å². The van der Waals surface area contributed by atoms with E-state index in [0.29, 0.717) is 11.6 Å². The molecule has 31 heavy (non-hydrogen) atoms. The van der Waals surface area contributed by atoms with Crippen molar-refractivity contribution >= 4 is 33.4 Å². The summed E-state index contributed by atoms with van der Waals surface area (Å²) in [5.74, 6) is 2.02. The third-order valence-electron chi connectivity index (χ3n) is 4.39. The van der Waals surface area contributed by atoms with Gasteiger partial charge in [-0.2, -0.15) is 0 Å². The fourth-order valence-electron chi connectivity index (χ4n) is 2.89. The van der Waals surface area contributed by atoms with Crippen LogP contribution in [0.1, 0.15) is 11.4 Å². The Labute approximate surface area is 191 Å². The summed E-state index contributed by atoms with van der Waals surface area (Å²) < 4.78 is 8.83. The number of nitro benzene ring substituents is 1. The normalized spacial score (nSPS) is 10.7. The zero-order chi connectivity index (χ0) is 21.6. The van der Waals surface area contributed by atoms with Crippen LogP contribution in [0, 0.1) is 10.1 Å². The largest absolute Gasteiger partial charge is 0.486 e. The van der Waals surface area contributed by atoms with E-state index in [4.69, 9.17) is 4.74 Å². The minimum absolute atomic E-state index is 0.0770. The lowest BCUT2D eigenvalue weighted by Crippen LogP contribution is -2.06. The number of benzene rings is 3. The van der Waals surface area contributed by atoms with Gasteiger partial charge >= 0.3 is 0 Å². The van der Waals surface area contributed by atoms with E-state index in [9.17, 15) is 10.1 Å². The summed E-state index contributed by atoms with van der Waals surface area (Å²) in [5, 5.41) is 20.3. The molecule has 0 fully saturated rings. The predicted molar refractivity (Wildman–Crippen MR) is 122 cm³/mol. The molecule has 0 aliphatic heterocycles. The Morgan fingerprint density at radius 2 is 1.77 bits per heavy atom. The molecule has 156 valence electrons. The van der Waals surface area contributed by atoms with Gasteiger partial charge < -0.3 is 4.74 Å². The van der Waals surface area contributed by atoms with Crippen molar-refractivity contribution in [2.75, 3.05) is 0 Å². The van der Waals surface area contributed by atoms with Crippen LogP contribution in [0.5, 0.6) is 5.75 Å². The summed E-state index contributed by atoms with van der Waals surface area (Å²) >= 11 is 4.96. The van der Waals surface area contributed by atoms with Gasteiger partial charge in [-0.05, 0) is 35.9 Å². The van der Waals surface area contributed by atoms with E-state index in [-0.39, 0.29) is 12.3 Å². The summed E-state index contributed by atoms with van der Waals surface area (Å²) in [5.41, 5.74) is 1.98. The molecule has 4 aromatic rings. The van der Waals surface area contributed by atoms with E-state index in [1.165, 1.54) is 23.9 Å². The molecule has 0 saturated carbocycles. The monoisotopic (exact) mass is 496 g/mol. The van der Waals surface area contributed by atoms with Gasteiger partial charge in [0.15, 0.2) is 11.0 Å². The molecule has 0 unspecified atom stereocenters. The zero-order valence-corrected chi connectivity index (χ0v) is 18.6. The zero-order valence-electron chi connectivity index (χ0n) is 16.2. The van der Waals surface area contributed by atoms with Crippen LogP contribution in [0.3, 0.4) is 0 Å². The summed E-state index contributed by atoms with van der Waals surface area (Å²) in [6.07, 6.45) is 0. The van der Waals surface area contributed by atoms with Gasteiger partial charge in [0.2, 0.25) is 0 Å². The second kappa shape index (κ2) is 9.76. The lowest BCUT2D eigenvalue weighted by atomic mass is 10.2. The number of nitrogens with zero attached hydrogens (tertiary/aromatic N) is 4. The van der Waals surface area contributed by atoms with Crippen molar-refractivity contribution in [3.05, 3.63) is 105 Å². The molecule has 7 nitrogen and oxygen atoms in total. The molecule has 0 aliphatic rings. The Kier molecular flexibility index (Phi) is 6.63. The number of para-hydroxylation sites is 1. The van der Waals surface area contributed by atoms with E-state index < -0.39 is 4.92 Å². The Hall–Kier alpha value is -3.17. The van der Waals surface area contributed by atoms with E-state index in [2.05, 4.69) is 26.1 Å². The maximum Gasteiger partial charge on any atom is 0.269 e. The fourth-order valence-corrected chi connectivity index (χ4v) is 4.20. The highest BCUT2D eigenvalue weighted by Crippen LogP contribution is 2.27. The molecule has 0 aliphatic carbocycles. The first-order chi connectivity index (χ1) is 15.1. The van der Waals surface area contributed by atoms with Crippen molar-refractivity contribution in [1.29, 1.82) is 0 Å². The number of hydrogen-bond donors (Lipinski definition) is 0. The SMILES string of the molecule is O=[N+]([O-])c1ccc(CSc2nnc(COc3cccc(Br)c3)n2-c2ccccc2)cc1. The molecule has 0 amide bonds. The molecule has 4 rings (SSSR count). The molecule has 0 bridgehead atoms.